The van der Waals surface area contributed by atoms with Crippen molar-refractivity contribution in [3.05, 3.63) is 64.6 Å². The molecule has 0 unspecified atom stereocenters. The van der Waals surface area contributed by atoms with Gasteiger partial charge in [0.1, 0.15) is 5.82 Å². The second kappa shape index (κ2) is 8.47. The van der Waals surface area contributed by atoms with Crippen molar-refractivity contribution in [2.75, 3.05) is 18.4 Å². The lowest BCUT2D eigenvalue weighted by atomic mass is 10.2. The highest BCUT2D eigenvalue weighted by Gasteiger charge is 2.18. The second-order valence-corrected chi connectivity index (χ2v) is 9.95. The molecule has 30 heavy (non-hydrogen) atoms. The number of pyridine rings is 1. The van der Waals surface area contributed by atoms with E-state index in [9.17, 15) is 8.42 Å². The summed E-state index contributed by atoms with van der Waals surface area (Å²) < 4.78 is 27.8. The Bertz CT molecular complexity index is 1290. The van der Waals surface area contributed by atoms with Crippen molar-refractivity contribution < 1.29 is 8.42 Å². The minimum absolute atomic E-state index is 0.236. The molecule has 0 bridgehead atoms. The molecule has 0 amide bonds. The molecule has 0 aliphatic carbocycles. The van der Waals surface area contributed by atoms with Crippen molar-refractivity contribution in [3.63, 3.8) is 0 Å². The molecule has 0 aliphatic rings. The summed E-state index contributed by atoms with van der Waals surface area (Å²) in [6, 6.07) is 13.1. The molecular formula is C21H21N5O2S2. The van der Waals surface area contributed by atoms with E-state index >= 15 is 0 Å². The number of aromatic nitrogens is 3. The smallest absolute Gasteiger partial charge is 0.241 e. The molecule has 3 aromatic heterocycles. The molecule has 0 saturated carbocycles. The van der Waals surface area contributed by atoms with Crippen LogP contribution in [0.15, 0.2) is 59.8 Å². The SMILES string of the molecule is Cc1cc(S(=O)(=O)NCCNc2nc(-c3ccncc3)nc3ccccc23)c(C)s1. The molecule has 0 aliphatic heterocycles. The Kier molecular flexibility index (Phi) is 5.76. The van der Waals surface area contributed by atoms with Crippen LogP contribution in [0.5, 0.6) is 0 Å². The quantitative estimate of drug-likeness (QED) is 0.426. The van der Waals surface area contributed by atoms with Gasteiger partial charge in [-0.15, -0.1) is 11.3 Å². The number of anilines is 1. The van der Waals surface area contributed by atoms with E-state index in [1.807, 2.05) is 50.2 Å². The summed E-state index contributed by atoms with van der Waals surface area (Å²) in [6.07, 6.45) is 3.40. The fourth-order valence-electron chi connectivity index (χ4n) is 3.16. The molecule has 0 saturated heterocycles. The van der Waals surface area contributed by atoms with Crippen LogP contribution in [-0.2, 0) is 10.0 Å². The zero-order valence-electron chi connectivity index (χ0n) is 16.6. The molecule has 154 valence electrons. The van der Waals surface area contributed by atoms with Crippen LogP contribution in [0.4, 0.5) is 5.82 Å². The van der Waals surface area contributed by atoms with E-state index in [0.29, 0.717) is 23.1 Å². The number of aryl methyl sites for hydroxylation is 2. The van der Waals surface area contributed by atoms with Gasteiger partial charge in [-0.05, 0) is 44.2 Å². The van der Waals surface area contributed by atoms with Crippen molar-refractivity contribution in [3.8, 4) is 11.4 Å². The number of benzene rings is 1. The van der Waals surface area contributed by atoms with Gasteiger partial charge in [0.05, 0.1) is 10.4 Å². The Morgan fingerprint density at radius 2 is 1.77 bits per heavy atom. The molecule has 9 heteroatoms. The fourth-order valence-corrected chi connectivity index (χ4v) is 5.74. The first-order valence-electron chi connectivity index (χ1n) is 9.42. The van der Waals surface area contributed by atoms with Crippen LogP contribution in [0.2, 0.25) is 0 Å². The summed E-state index contributed by atoms with van der Waals surface area (Å²) in [4.78, 5) is 15.4. The van der Waals surface area contributed by atoms with Gasteiger partial charge in [-0.2, -0.15) is 0 Å². The largest absolute Gasteiger partial charge is 0.368 e. The lowest BCUT2D eigenvalue weighted by Crippen LogP contribution is -2.29. The average Bonchev–Trinajstić information content (AvgIpc) is 3.10. The summed E-state index contributed by atoms with van der Waals surface area (Å²) in [7, 11) is -3.54. The number of hydrogen-bond acceptors (Lipinski definition) is 7. The lowest BCUT2D eigenvalue weighted by molar-refractivity contribution is 0.582. The highest BCUT2D eigenvalue weighted by molar-refractivity contribution is 7.89. The molecule has 4 aromatic rings. The lowest BCUT2D eigenvalue weighted by Gasteiger charge is -2.12. The minimum Gasteiger partial charge on any atom is -0.368 e. The van der Waals surface area contributed by atoms with Gasteiger partial charge in [0.25, 0.3) is 0 Å². The average molecular weight is 440 g/mol. The van der Waals surface area contributed by atoms with Crippen molar-refractivity contribution in [1.82, 2.24) is 19.7 Å². The predicted octanol–water partition coefficient (Wildman–Crippen LogP) is 3.76. The topological polar surface area (TPSA) is 96.9 Å². The Morgan fingerprint density at radius 3 is 2.50 bits per heavy atom. The second-order valence-electron chi connectivity index (χ2n) is 6.75. The van der Waals surface area contributed by atoms with Crippen LogP contribution in [0.1, 0.15) is 9.75 Å². The van der Waals surface area contributed by atoms with Gasteiger partial charge in [0.2, 0.25) is 10.0 Å². The van der Waals surface area contributed by atoms with E-state index in [-0.39, 0.29) is 6.54 Å². The Balaban J connectivity index is 1.52. The van der Waals surface area contributed by atoms with Gasteiger partial charge in [0, 0.05) is 46.2 Å². The number of nitrogens with zero attached hydrogens (tertiary/aromatic N) is 3. The van der Waals surface area contributed by atoms with E-state index in [4.69, 9.17) is 0 Å². The Hall–Kier alpha value is -2.88. The summed E-state index contributed by atoms with van der Waals surface area (Å²) in [5.74, 6) is 1.25. The first-order chi connectivity index (χ1) is 14.4. The summed E-state index contributed by atoms with van der Waals surface area (Å²) in [5.41, 5.74) is 1.68. The van der Waals surface area contributed by atoms with Crippen LogP contribution in [-0.4, -0.2) is 36.5 Å². The monoisotopic (exact) mass is 439 g/mol. The highest BCUT2D eigenvalue weighted by Crippen LogP contribution is 2.25. The summed E-state index contributed by atoms with van der Waals surface area (Å²) >= 11 is 1.48. The maximum atomic E-state index is 12.6. The number of fused-ring (bicyclic) bond motifs is 1. The van der Waals surface area contributed by atoms with Gasteiger partial charge >= 0.3 is 0 Å². The van der Waals surface area contributed by atoms with Gasteiger partial charge in [-0.1, -0.05) is 12.1 Å². The fraction of sp³-hybridized carbons (Fsp3) is 0.190. The molecule has 2 N–H and O–H groups in total. The third kappa shape index (κ3) is 4.33. The van der Waals surface area contributed by atoms with E-state index in [1.165, 1.54) is 11.3 Å². The van der Waals surface area contributed by atoms with E-state index < -0.39 is 10.0 Å². The Morgan fingerprint density at radius 1 is 1.00 bits per heavy atom. The molecule has 0 atom stereocenters. The van der Waals surface area contributed by atoms with Gasteiger partial charge in [0.15, 0.2) is 5.82 Å². The van der Waals surface area contributed by atoms with E-state index in [1.54, 1.807) is 18.5 Å². The van der Waals surface area contributed by atoms with Crippen molar-refractivity contribution in [1.29, 1.82) is 0 Å². The maximum absolute atomic E-state index is 12.6. The first kappa shape index (κ1) is 20.4. The number of thiophene rings is 1. The number of nitrogens with one attached hydrogen (secondary N) is 2. The van der Waals surface area contributed by atoms with Crippen molar-refractivity contribution in [2.45, 2.75) is 18.7 Å². The van der Waals surface area contributed by atoms with Crippen LogP contribution in [0.25, 0.3) is 22.3 Å². The number of rotatable bonds is 7. The molecule has 3 heterocycles. The zero-order valence-corrected chi connectivity index (χ0v) is 18.2. The van der Waals surface area contributed by atoms with Crippen molar-refractivity contribution >= 4 is 38.1 Å². The highest BCUT2D eigenvalue weighted by atomic mass is 32.2. The third-order valence-electron chi connectivity index (χ3n) is 4.54. The molecule has 0 spiro atoms. The standard InChI is InChI=1S/C21H21N5O2S2/c1-14-13-19(15(2)29-14)30(27,28)24-12-11-23-21-17-5-3-4-6-18(17)25-20(26-21)16-7-9-22-10-8-16/h3-10,13,24H,11-12H2,1-2H3,(H,23,25,26). The van der Waals surface area contributed by atoms with Crippen LogP contribution >= 0.6 is 11.3 Å². The normalized spacial score (nSPS) is 11.7. The number of hydrogen-bond donors (Lipinski definition) is 2. The van der Waals surface area contributed by atoms with Crippen LogP contribution in [0.3, 0.4) is 0 Å². The van der Waals surface area contributed by atoms with Gasteiger partial charge in [-0.3, -0.25) is 4.98 Å². The zero-order chi connectivity index (χ0) is 21.1. The maximum Gasteiger partial charge on any atom is 0.241 e. The van der Waals surface area contributed by atoms with Crippen molar-refractivity contribution in [2.24, 2.45) is 0 Å². The van der Waals surface area contributed by atoms with Crippen LogP contribution < -0.4 is 10.0 Å². The van der Waals surface area contributed by atoms with Gasteiger partial charge in [-0.25, -0.2) is 23.1 Å². The number of para-hydroxylation sites is 1. The molecular weight excluding hydrogens is 418 g/mol. The van der Waals surface area contributed by atoms with Crippen LogP contribution in [0, 0.1) is 13.8 Å². The molecule has 7 nitrogen and oxygen atoms in total. The molecule has 1 aromatic carbocycles. The number of sulfonamides is 1. The Labute approximate surface area is 179 Å². The predicted molar refractivity (Wildman–Crippen MR) is 120 cm³/mol. The minimum atomic E-state index is -3.54. The third-order valence-corrected chi connectivity index (χ3v) is 7.22. The molecule has 4 rings (SSSR count). The van der Waals surface area contributed by atoms with E-state index in [0.717, 1.165) is 26.2 Å². The molecule has 0 radical (unpaired) electrons. The van der Waals surface area contributed by atoms with Gasteiger partial charge < -0.3 is 5.32 Å². The molecule has 0 fully saturated rings. The summed E-state index contributed by atoms with van der Waals surface area (Å²) in [5, 5.41) is 4.13. The van der Waals surface area contributed by atoms with E-state index in [2.05, 4.69) is 25.0 Å². The summed E-state index contributed by atoms with van der Waals surface area (Å²) in [6.45, 7) is 4.34. The first-order valence-corrected chi connectivity index (χ1v) is 11.7.